The molecule has 6 fully saturated rings. The standard InChI is InChI=1S/C24H44N2O2/c1-21(2)15-11-17(21)23(5,27-7)19(13-15)25-9-10-26-20-14-16-12-18(22(16,3)4)24(20,6)28-8/h15-20,25-26H,9-14H2,1-8H3/t15-,16-,17-,18-,19?,20?,23-,24-/m0/s1. The SMILES string of the molecule is CO[C@]1(C)C(NCCNC2C[C@@H]3C[C@@H](C3(C)C)[C@]2(C)OC)C[C@@H]2C[C@H]1C2(C)C. The molecule has 4 heteroatoms. The van der Waals surface area contributed by atoms with E-state index < -0.39 is 0 Å². The second kappa shape index (κ2) is 6.67. The molecule has 0 heterocycles. The number of nitrogens with one attached hydrogen (secondary N) is 2. The van der Waals surface area contributed by atoms with E-state index in [9.17, 15) is 0 Å². The molecule has 6 aliphatic carbocycles. The molecule has 0 aromatic rings. The summed E-state index contributed by atoms with van der Waals surface area (Å²) in [5.74, 6) is 3.02. The Labute approximate surface area is 172 Å². The highest BCUT2D eigenvalue weighted by atomic mass is 16.5. The highest BCUT2D eigenvalue weighted by Gasteiger charge is 2.64. The van der Waals surface area contributed by atoms with E-state index in [0.717, 1.165) is 24.9 Å². The number of hydrogen-bond donors (Lipinski definition) is 2. The van der Waals surface area contributed by atoms with Gasteiger partial charge in [0.05, 0.1) is 11.2 Å². The van der Waals surface area contributed by atoms with E-state index in [4.69, 9.17) is 9.47 Å². The van der Waals surface area contributed by atoms with Gasteiger partial charge in [-0.05, 0) is 74.0 Å². The molecule has 2 unspecified atom stereocenters. The lowest BCUT2D eigenvalue weighted by atomic mass is 9.43. The van der Waals surface area contributed by atoms with Crippen LogP contribution in [0.25, 0.3) is 0 Å². The van der Waals surface area contributed by atoms with Crippen molar-refractivity contribution in [2.75, 3.05) is 27.3 Å². The summed E-state index contributed by atoms with van der Waals surface area (Å²) in [5, 5.41) is 7.71. The maximum Gasteiger partial charge on any atom is 0.0836 e. The molecule has 8 atom stereocenters. The van der Waals surface area contributed by atoms with Gasteiger partial charge in [-0.15, -0.1) is 0 Å². The van der Waals surface area contributed by atoms with Crippen LogP contribution < -0.4 is 10.6 Å². The van der Waals surface area contributed by atoms with Crippen molar-refractivity contribution in [2.45, 2.75) is 90.5 Å². The van der Waals surface area contributed by atoms with Gasteiger partial charge < -0.3 is 20.1 Å². The fraction of sp³-hybridized carbons (Fsp3) is 1.00. The van der Waals surface area contributed by atoms with Gasteiger partial charge in [0.25, 0.3) is 0 Å². The second-order valence-electron chi connectivity index (χ2n) is 11.9. The van der Waals surface area contributed by atoms with Crippen molar-refractivity contribution in [3.63, 3.8) is 0 Å². The molecule has 0 radical (unpaired) electrons. The summed E-state index contributed by atoms with van der Waals surface area (Å²) in [4.78, 5) is 0. The molecule has 4 nitrogen and oxygen atoms in total. The minimum Gasteiger partial charge on any atom is -0.377 e. The normalized spacial score (nSPS) is 50.6. The highest BCUT2D eigenvalue weighted by molar-refractivity contribution is 5.16. The molecule has 6 aliphatic rings. The molecule has 28 heavy (non-hydrogen) atoms. The number of fused-ring (bicyclic) bond motifs is 4. The maximum absolute atomic E-state index is 6.11. The molecule has 0 saturated heterocycles. The van der Waals surface area contributed by atoms with Gasteiger partial charge in [-0.2, -0.15) is 0 Å². The minimum absolute atomic E-state index is 0.0458. The average molecular weight is 393 g/mol. The van der Waals surface area contributed by atoms with Gasteiger partial charge in [-0.1, -0.05) is 27.7 Å². The molecule has 0 aromatic carbocycles. The van der Waals surface area contributed by atoms with E-state index in [1.165, 1.54) is 25.7 Å². The van der Waals surface area contributed by atoms with Gasteiger partial charge in [0.1, 0.15) is 0 Å². The van der Waals surface area contributed by atoms with Crippen molar-refractivity contribution in [2.24, 2.45) is 34.5 Å². The van der Waals surface area contributed by atoms with Crippen LogP contribution in [0.5, 0.6) is 0 Å². The summed E-state index contributed by atoms with van der Waals surface area (Å²) in [6.45, 7) is 16.4. The van der Waals surface area contributed by atoms with Gasteiger partial charge >= 0.3 is 0 Å². The van der Waals surface area contributed by atoms with Crippen LogP contribution in [0.15, 0.2) is 0 Å². The van der Waals surface area contributed by atoms with Crippen molar-refractivity contribution in [3.05, 3.63) is 0 Å². The fourth-order valence-electron chi connectivity index (χ4n) is 7.93. The maximum atomic E-state index is 6.11. The molecular weight excluding hydrogens is 348 g/mol. The lowest BCUT2D eigenvalue weighted by Crippen LogP contribution is -2.71. The number of methoxy groups -OCH3 is 2. The Balaban J connectivity index is 1.31. The van der Waals surface area contributed by atoms with Crippen LogP contribution in [-0.4, -0.2) is 50.6 Å². The monoisotopic (exact) mass is 392 g/mol. The van der Waals surface area contributed by atoms with Crippen molar-refractivity contribution >= 4 is 0 Å². The minimum atomic E-state index is -0.0458. The zero-order valence-electron chi connectivity index (χ0n) is 19.5. The molecule has 6 saturated carbocycles. The van der Waals surface area contributed by atoms with E-state index in [1.54, 1.807) is 0 Å². The Morgan fingerprint density at radius 1 is 0.643 bits per heavy atom. The van der Waals surface area contributed by atoms with Crippen LogP contribution in [-0.2, 0) is 9.47 Å². The third kappa shape index (κ3) is 2.70. The van der Waals surface area contributed by atoms with Crippen LogP contribution in [0.2, 0.25) is 0 Å². The lowest BCUT2D eigenvalue weighted by molar-refractivity contribution is -0.223. The van der Waals surface area contributed by atoms with Gasteiger partial charge in [0, 0.05) is 39.4 Å². The molecule has 0 spiro atoms. The fourth-order valence-corrected chi connectivity index (χ4v) is 7.93. The van der Waals surface area contributed by atoms with E-state index in [1.807, 2.05) is 14.2 Å². The van der Waals surface area contributed by atoms with E-state index in [2.05, 4.69) is 52.2 Å². The van der Waals surface area contributed by atoms with Crippen LogP contribution in [0.4, 0.5) is 0 Å². The highest BCUT2D eigenvalue weighted by Crippen LogP contribution is 2.64. The zero-order valence-corrected chi connectivity index (χ0v) is 19.5. The zero-order chi connectivity index (χ0) is 20.5. The summed E-state index contributed by atoms with van der Waals surface area (Å²) in [6.07, 6.45) is 5.15. The van der Waals surface area contributed by atoms with Crippen molar-refractivity contribution in [1.82, 2.24) is 10.6 Å². The summed E-state index contributed by atoms with van der Waals surface area (Å²) >= 11 is 0. The first-order chi connectivity index (χ1) is 13.0. The van der Waals surface area contributed by atoms with Gasteiger partial charge in [0.15, 0.2) is 0 Å². The summed E-state index contributed by atoms with van der Waals surface area (Å²) in [5.41, 5.74) is 0.764. The molecule has 0 aliphatic heterocycles. The molecule has 162 valence electrons. The van der Waals surface area contributed by atoms with E-state index >= 15 is 0 Å². The lowest BCUT2D eigenvalue weighted by Gasteiger charge is -2.66. The summed E-state index contributed by atoms with van der Waals surface area (Å²) in [7, 11) is 3.81. The predicted octanol–water partition coefficient (Wildman–Crippen LogP) is 3.85. The first-order valence-electron chi connectivity index (χ1n) is 11.6. The first kappa shape index (κ1) is 21.1. The first-order valence-corrected chi connectivity index (χ1v) is 11.6. The number of rotatable bonds is 7. The van der Waals surface area contributed by atoms with E-state index in [0.29, 0.717) is 34.7 Å². The molecule has 0 amide bonds. The largest absolute Gasteiger partial charge is 0.377 e. The Morgan fingerprint density at radius 2 is 1.00 bits per heavy atom. The van der Waals surface area contributed by atoms with Crippen molar-refractivity contribution in [3.8, 4) is 0 Å². The Hall–Kier alpha value is -0.160. The molecular formula is C24H44N2O2. The second-order valence-corrected chi connectivity index (χ2v) is 11.9. The average Bonchev–Trinajstić information content (AvgIpc) is 2.66. The quantitative estimate of drug-likeness (QED) is 0.646. The smallest absolute Gasteiger partial charge is 0.0836 e. The van der Waals surface area contributed by atoms with E-state index in [-0.39, 0.29) is 11.2 Å². The molecule has 0 aromatic heterocycles. The van der Waals surface area contributed by atoms with Crippen LogP contribution in [0.3, 0.4) is 0 Å². The Bertz CT molecular complexity index is 553. The predicted molar refractivity (Wildman–Crippen MR) is 114 cm³/mol. The summed E-state index contributed by atoms with van der Waals surface area (Å²) in [6, 6.07) is 0.923. The van der Waals surface area contributed by atoms with Crippen LogP contribution >= 0.6 is 0 Å². The Kier molecular flexibility index (Phi) is 5.02. The van der Waals surface area contributed by atoms with Gasteiger partial charge in [-0.25, -0.2) is 0 Å². The number of hydrogen-bond acceptors (Lipinski definition) is 4. The number of ether oxygens (including phenoxy) is 2. The molecule has 2 N–H and O–H groups in total. The topological polar surface area (TPSA) is 42.5 Å². The molecule has 4 bridgehead atoms. The summed E-state index contributed by atoms with van der Waals surface area (Å²) < 4.78 is 12.2. The van der Waals surface area contributed by atoms with Crippen molar-refractivity contribution < 1.29 is 9.47 Å². The van der Waals surface area contributed by atoms with Crippen molar-refractivity contribution in [1.29, 1.82) is 0 Å². The third-order valence-electron chi connectivity index (χ3n) is 10.5. The molecule has 6 rings (SSSR count). The van der Waals surface area contributed by atoms with Gasteiger partial charge in [-0.3, -0.25) is 0 Å². The van der Waals surface area contributed by atoms with Gasteiger partial charge in [0.2, 0.25) is 0 Å². The van der Waals surface area contributed by atoms with Crippen LogP contribution in [0.1, 0.15) is 67.2 Å². The third-order valence-corrected chi connectivity index (χ3v) is 10.5. The Morgan fingerprint density at radius 3 is 1.29 bits per heavy atom. The van der Waals surface area contributed by atoms with Crippen LogP contribution in [0, 0.1) is 34.5 Å².